The number of nitrogens with zero attached hydrogens (tertiary/aromatic N) is 3. The van der Waals surface area contributed by atoms with E-state index in [0.29, 0.717) is 19.0 Å². The standard InChI is InChI=1S/C12H15N5O3/c1-20-7-6-17-11(18)3-2-9(16-17)12(19)15-8-10-13-4-5-14-10/h2-5H,6-8H2,1H3,(H,13,14)(H,15,19). The van der Waals surface area contributed by atoms with Gasteiger partial charge in [-0.05, 0) is 6.07 Å². The molecule has 20 heavy (non-hydrogen) atoms. The molecule has 0 aliphatic rings. The minimum Gasteiger partial charge on any atom is -0.383 e. The first-order valence-corrected chi connectivity index (χ1v) is 6.04. The number of methoxy groups -OCH3 is 1. The molecule has 0 saturated carbocycles. The molecule has 0 fully saturated rings. The number of aromatic nitrogens is 4. The van der Waals surface area contributed by atoms with Crippen molar-refractivity contribution in [3.8, 4) is 0 Å². The van der Waals surface area contributed by atoms with E-state index in [4.69, 9.17) is 4.74 Å². The molecule has 2 aromatic rings. The largest absolute Gasteiger partial charge is 0.383 e. The van der Waals surface area contributed by atoms with Crippen molar-refractivity contribution in [2.24, 2.45) is 0 Å². The van der Waals surface area contributed by atoms with E-state index in [2.05, 4.69) is 20.4 Å². The molecule has 1 amide bonds. The topological polar surface area (TPSA) is 102 Å². The van der Waals surface area contributed by atoms with E-state index < -0.39 is 0 Å². The van der Waals surface area contributed by atoms with Crippen molar-refractivity contribution < 1.29 is 9.53 Å². The molecular formula is C12H15N5O3. The number of aromatic amines is 1. The Labute approximate surface area is 114 Å². The van der Waals surface area contributed by atoms with Gasteiger partial charge in [-0.15, -0.1) is 0 Å². The Morgan fingerprint density at radius 3 is 3.05 bits per heavy atom. The second-order valence-corrected chi connectivity index (χ2v) is 3.99. The normalized spacial score (nSPS) is 10.4. The number of carbonyl (C=O) groups is 1. The molecule has 0 aliphatic carbocycles. The van der Waals surface area contributed by atoms with Crippen LogP contribution in [0.15, 0.2) is 29.3 Å². The van der Waals surface area contributed by atoms with Crippen LogP contribution >= 0.6 is 0 Å². The molecule has 0 bridgehead atoms. The highest BCUT2D eigenvalue weighted by Crippen LogP contribution is 1.93. The lowest BCUT2D eigenvalue weighted by atomic mass is 10.3. The minimum atomic E-state index is -0.368. The van der Waals surface area contributed by atoms with Gasteiger partial charge in [0.1, 0.15) is 11.5 Å². The van der Waals surface area contributed by atoms with Crippen LogP contribution in [-0.4, -0.2) is 39.4 Å². The van der Waals surface area contributed by atoms with Crippen LogP contribution in [-0.2, 0) is 17.8 Å². The SMILES string of the molecule is COCCn1nc(C(=O)NCc2ncc[nH]2)ccc1=O. The molecule has 2 N–H and O–H groups in total. The highest BCUT2D eigenvalue weighted by atomic mass is 16.5. The first-order valence-electron chi connectivity index (χ1n) is 6.04. The summed E-state index contributed by atoms with van der Waals surface area (Å²) in [6.45, 7) is 0.920. The molecule has 0 aromatic carbocycles. The van der Waals surface area contributed by atoms with Gasteiger partial charge in [-0.25, -0.2) is 9.67 Å². The lowest BCUT2D eigenvalue weighted by Crippen LogP contribution is -2.30. The number of nitrogens with one attached hydrogen (secondary N) is 2. The monoisotopic (exact) mass is 277 g/mol. The quantitative estimate of drug-likeness (QED) is 0.744. The van der Waals surface area contributed by atoms with Crippen molar-refractivity contribution in [2.75, 3.05) is 13.7 Å². The minimum absolute atomic E-state index is 0.173. The Morgan fingerprint density at radius 2 is 2.35 bits per heavy atom. The van der Waals surface area contributed by atoms with Crippen LogP contribution in [0, 0.1) is 0 Å². The van der Waals surface area contributed by atoms with Gasteiger partial charge in [-0.1, -0.05) is 0 Å². The van der Waals surface area contributed by atoms with Crippen molar-refractivity contribution in [2.45, 2.75) is 13.1 Å². The Hall–Kier alpha value is -2.48. The third-order valence-corrected chi connectivity index (χ3v) is 2.58. The maximum Gasteiger partial charge on any atom is 0.272 e. The predicted octanol–water partition coefficient (Wildman–Crippen LogP) is -0.457. The number of carbonyl (C=O) groups excluding carboxylic acids is 1. The fourth-order valence-corrected chi connectivity index (χ4v) is 1.56. The fourth-order valence-electron chi connectivity index (χ4n) is 1.56. The first kappa shape index (κ1) is 13.9. The van der Waals surface area contributed by atoms with Gasteiger partial charge in [0.15, 0.2) is 0 Å². The zero-order valence-corrected chi connectivity index (χ0v) is 11.0. The summed E-state index contributed by atoms with van der Waals surface area (Å²) < 4.78 is 6.08. The predicted molar refractivity (Wildman–Crippen MR) is 70.1 cm³/mol. The van der Waals surface area contributed by atoms with Gasteiger partial charge < -0.3 is 15.0 Å². The molecular weight excluding hydrogens is 262 g/mol. The third-order valence-electron chi connectivity index (χ3n) is 2.58. The number of hydrogen-bond donors (Lipinski definition) is 2. The second-order valence-electron chi connectivity index (χ2n) is 3.99. The molecule has 8 heteroatoms. The van der Waals surface area contributed by atoms with E-state index in [-0.39, 0.29) is 23.7 Å². The van der Waals surface area contributed by atoms with Gasteiger partial charge in [0.05, 0.1) is 19.7 Å². The van der Waals surface area contributed by atoms with Crippen LogP contribution in [0.3, 0.4) is 0 Å². The summed E-state index contributed by atoms with van der Waals surface area (Å²) >= 11 is 0. The molecule has 0 atom stereocenters. The van der Waals surface area contributed by atoms with Crippen LogP contribution in [0.4, 0.5) is 0 Å². The van der Waals surface area contributed by atoms with Crippen LogP contribution < -0.4 is 10.9 Å². The Balaban J connectivity index is 2.03. The Bertz CT molecular complexity index is 620. The molecule has 0 aliphatic heterocycles. The van der Waals surface area contributed by atoms with Gasteiger partial charge in [0.25, 0.3) is 11.5 Å². The fraction of sp³-hybridized carbons (Fsp3) is 0.333. The highest BCUT2D eigenvalue weighted by Gasteiger charge is 2.09. The van der Waals surface area contributed by atoms with Crippen molar-refractivity contribution in [3.63, 3.8) is 0 Å². The summed E-state index contributed by atoms with van der Waals surface area (Å²) in [5, 5.41) is 6.65. The summed E-state index contributed by atoms with van der Waals surface area (Å²) in [5.41, 5.74) is -0.100. The van der Waals surface area contributed by atoms with Gasteiger partial charge in [0.2, 0.25) is 0 Å². The maximum absolute atomic E-state index is 11.9. The van der Waals surface area contributed by atoms with E-state index in [1.54, 1.807) is 12.4 Å². The van der Waals surface area contributed by atoms with E-state index in [9.17, 15) is 9.59 Å². The molecule has 2 aromatic heterocycles. The van der Waals surface area contributed by atoms with Crippen molar-refractivity contribution >= 4 is 5.91 Å². The number of rotatable bonds is 6. The van der Waals surface area contributed by atoms with Crippen LogP contribution in [0.5, 0.6) is 0 Å². The Morgan fingerprint density at radius 1 is 1.50 bits per heavy atom. The number of ether oxygens (including phenoxy) is 1. The highest BCUT2D eigenvalue weighted by molar-refractivity contribution is 5.91. The zero-order chi connectivity index (χ0) is 14.4. The smallest absolute Gasteiger partial charge is 0.272 e. The zero-order valence-electron chi connectivity index (χ0n) is 11.0. The van der Waals surface area contributed by atoms with Crippen molar-refractivity contribution in [1.29, 1.82) is 0 Å². The van der Waals surface area contributed by atoms with Crippen molar-refractivity contribution in [1.82, 2.24) is 25.1 Å². The number of amides is 1. The van der Waals surface area contributed by atoms with Gasteiger partial charge >= 0.3 is 0 Å². The summed E-state index contributed by atoms with van der Waals surface area (Å²) in [4.78, 5) is 30.3. The summed E-state index contributed by atoms with van der Waals surface area (Å²) in [6, 6.07) is 2.70. The van der Waals surface area contributed by atoms with E-state index in [1.165, 1.54) is 23.9 Å². The van der Waals surface area contributed by atoms with Gasteiger partial charge in [-0.2, -0.15) is 5.10 Å². The lowest BCUT2D eigenvalue weighted by molar-refractivity contribution is 0.0941. The number of hydrogen-bond acceptors (Lipinski definition) is 5. The molecule has 106 valence electrons. The maximum atomic E-state index is 11.9. The molecule has 8 nitrogen and oxygen atoms in total. The number of imidazole rings is 1. The average molecular weight is 277 g/mol. The summed E-state index contributed by atoms with van der Waals surface area (Å²) in [5.74, 6) is 0.277. The molecule has 0 unspecified atom stereocenters. The molecule has 0 radical (unpaired) electrons. The van der Waals surface area contributed by atoms with Crippen LogP contribution in [0.2, 0.25) is 0 Å². The molecule has 0 spiro atoms. The van der Waals surface area contributed by atoms with Crippen molar-refractivity contribution in [3.05, 3.63) is 46.4 Å². The lowest BCUT2D eigenvalue weighted by Gasteiger charge is -2.06. The first-order chi connectivity index (χ1) is 9.70. The van der Waals surface area contributed by atoms with Gasteiger partial charge in [0, 0.05) is 25.6 Å². The van der Waals surface area contributed by atoms with Gasteiger partial charge in [-0.3, -0.25) is 9.59 Å². The third kappa shape index (κ3) is 3.51. The number of H-pyrrole nitrogens is 1. The summed E-state index contributed by atoms with van der Waals surface area (Å²) in [7, 11) is 1.53. The molecule has 2 heterocycles. The van der Waals surface area contributed by atoms with Crippen LogP contribution in [0.1, 0.15) is 16.3 Å². The molecule has 2 rings (SSSR count). The van der Waals surface area contributed by atoms with E-state index in [1.807, 2.05) is 0 Å². The van der Waals surface area contributed by atoms with E-state index >= 15 is 0 Å². The van der Waals surface area contributed by atoms with Crippen LogP contribution in [0.25, 0.3) is 0 Å². The second kappa shape index (κ2) is 6.62. The Kier molecular flexibility index (Phi) is 4.61. The molecule has 0 saturated heterocycles. The summed E-state index contributed by atoms with van der Waals surface area (Å²) in [6.07, 6.45) is 3.27. The van der Waals surface area contributed by atoms with E-state index in [0.717, 1.165) is 0 Å². The average Bonchev–Trinajstić information content (AvgIpc) is 2.97.